The lowest BCUT2D eigenvalue weighted by Gasteiger charge is -2.32. The highest BCUT2D eigenvalue weighted by atomic mass is 16.5. The molecule has 2 atom stereocenters. The van der Waals surface area contributed by atoms with Gasteiger partial charge in [0.05, 0.1) is 6.61 Å². The Labute approximate surface area is 143 Å². The van der Waals surface area contributed by atoms with Gasteiger partial charge >= 0.3 is 0 Å². The van der Waals surface area contributed by atoms with E-state index in [1.807, 2.05) is 12.3 Å². The van der Waals surface area contributed by atoms with Crippen LogP contribution in [0.25, 0.3) is 0 Å². The first-order valence-corrected chi connectivity index (χ1v) is 8.77. The predicted molar refractivity (Wildman–Crippen MR) is 92.4 cm³/mol. The third-order valence-corrected chi connectivity index (χ3v) is 4.84. The standard InChI is InChI=1S/C19H25N3O2/c1-14(2)22-18(9-11-21-22)16-7-4-3-6-15(16)13-24-19-8-5-10-20-17(19)12-23/h5,8-12,14-16H,3-4,6-7,13H2,1-2H3. The summed E-state index contributed by atoms with van der Waals surface area (Å²) < 4.78 is 8.10. The molecule has 2 heterocycles. The molecule has 0 amide bonds. The van der Waals surface area contributed by atoms with Gasteiger partial charge in [-0.1, -0.05) is 12.8 Å². The Hall–Kier alpha value is -2.17. The average Bonchev–Trinajstić information content (AvgIpc) is 3.10. The molecule has 2 unspecified atom stereocenters. The molecule has 0 aliphatic heterocycles. The van der Waals surface area contributed by atoms with E-state index in [2.05, 4.69) is 34.7 Å². The number of ether oxygens (including phenoxy) is 1. The van der Waals surface area contributed by atoms with Gasteiger partial charge in [-0.2, -0.15) is 5.10 Å². The molecule has 1 aliphatic carbocycles. The van der Waals surface area contributed by atoms with Crippen LogP contribution < -0.4 is 4.74 Å². The zero-order valence-electron chi connectivity index (χ0n) is 14.4. The highest BCUT2D eigenvalue weighted by molar-refractivity contribution is 5.75. The molecular formula is C19H25N3O2. The molecule has 128 valence electrons. The van der Waals surface area contributed by atoms with Crippen molar-refractivity contribution in [2.75, 3.05) is 6.61 Å². The Bertz CT molecular complexity index is 681. The molecular weight excluding hydrogens is 302 g/mol. The molecule has 3 rings (SSSR count). The second-order valence-electron chi connectivity index (χ2n) is 6.76. The summed E-state index contributed by atoms with van der Waals surface area (Å²) in [6.45, 7) is 4.94. The van der Waals surface area contributed by atoms with Crippen LogP contribution in [-0.4, -0.2) is 27.7 Å². The predicted octanol–water partition coefficient (Wildman–Crippen LogP) is 4.02. The summed E-state index contributed by atoms with van der Waals surface area (Å²) in [5.74, 6) is 1.47. The molecule has 1 aliphatic rings. The van der Waals surface area contributed by atoms with Crippen LogP contribution in [0.3, 0.4) is 0 Å². The number of carbonyl (C=O) groups excluding carboxylic acids is 1. The second-order valence-corrected chi connectivity index (χ2v) is 6.76. The fraction of sp³-hybridized carbons (Fsp3) is 0.526. The molecule has 0 saturated heterocycles. The van der Waals surface area contributed by atoms with Crippen LogP contribution >= 0.6 is 0 Å². The van der Waals surface area contributed by atoms with Crippen molar-refractivity contribution in [3.05, 3.63) is 42.0 Å². The van der Waals surface area contributed by atoms with Crippen LogP contribution in [0.1, 0.15) is 67.7 Å². The van der Waals surface area contributed by atoms with Gasteiger partial charge in [0.2, 0.25) is 0 Å². The summed E-state index contributed by atoms with van der Waals surface area (Å²) in [4.78, 5) is 15.2. The molecule has 1 fully saturated rings. The third-order valence-electron chi connectivity index (χ3n) is 4.84. The van der Waals surface area contributed by atoms with Gasteiger partial charge in [0, 0.05) is 36.0 Å². The largest absolute Gasteiger partial charge is 0.491 e. The minimum atomic E-state index is 0.360. The summed E-state index contributed by atoms with van der Waals surface area (Å²) in [6, 6.07) is 6.12. The summed E-state index contributed by atoms with van der Waals surface area (Å²) in [7, 11) is 0. The van der Waals surface area contributed by atoms with E-state index in [-0.39, 0.29) is 0 Å². The minimum Gasteiger partial charge on any atom is -0.491 e. The molecule has 2 aromatic heterocycles. The van der Waals surface area contributed by atoms with Crippen LogP contribution in [0.4, 0.5) is 0 Å². The van der Waals surface area contributed by atoms with E-state index in [9.17, 15) is 4.79 Å². The number of aldehydes is 1. The van der Waals surface area contributed by atoms with E-state index in [0.717, 1.165) is 12.7 Å². The molecule has 0 aromatic carbocycles. The smallest absolute Gasteiger partial charge is 0.172 e. The first-order chi connectivity index (χ1) is 11.7. The van der Waals surface area contributed by atoms with Gasteiger partial charge in [-0.15, -0.1) is 0 Å². The molecule has 0 radical (unpaired) electrons. The van der Waals surface area contributed by atoms with Gasteiger partial charge in [-0.3, -0.25) is 9.48 Å². The molecule has 0 N–H and O–H groups in total. The molecule has 24 heavy (non-hydrogen) atoms. The van der Waals surface area contributed by atoms with Crippen LogP contribution in [0.2, 0.25) is 0 Å². The average molecular weight is 327 g/mol. The Morgan fingerprint density at radius 2 is 2.12 bits per heavy atom. The summed E-state index contributed by atoms with van der Waals surface area (Å²) in [5, 5.41) is 4.49. The number of rotatable bonds is 6. The highest BCUT2D eigenvalue weighted by Gasteiger charge is 2.30. The lowest BCUT2D eigenvalue weighted by atomic mass is 9.77. The molecule has 5 heteroatoms. The van der Waals surface area contributed by atoms with Gasteiger partial charge in [-0.25, -0.2) is 4.98 Å². The van der Waals surface area contributed by atoms with E-state index in [1.54, 1.807) is 12.3 Å². The lowest BCUT2D eigenvalue weighted by Crippen LogP contribution is -2.26. The maximum absolute atomic E-state index is 11.1. The maximum atomic E-state index is 11.1. The van der Waals surface area contributed by atoms with E-state index in [1.165, 1.54) is 25.0 Å². The Balaban J connectivity index is 1.75. The van der Waals surface area contributed by atoms with E-state index in [4.69, 9.17) is 4.74 Å². The normalized spacial score (nSPS) is 21.0. The second kappa shape index (κ2) is 7.60. The monoisotopic (exact) mass is 327 g/mol. The number of pyridine rings is 1. The van der Waals surface area contributed by atoms with Crippen molar-refractivity contribution in [1.82, 2.24) is 14.8 Å². The molecule has 2 aromatic rings. The van der Waals surface area contributed by atoms with Gasteiger partial charge in [0.25, 0.3) is 0 Å². The zero-order chi connectivity index (χ0) is 16.9. The number of hydrogen-bond acceptors (Lipinski definition) is 4. The van der Waals surface area contributed by atoms with Crippen molar-refractivity contribution < 1.29 is 9.53 Å². The SMILES string of the molecule is CC(C)n1nccc1C1CCCCC1COc1cccnc1C=O. The van der Waals surface area contributed by atoms with Crippen molar-refractivity contribution in [2.45, 2.75) is 51.5 Å². The molecule has 0 bridgehead atoms. The molecule has 0 spiro atoms. The zero-order valence-corrected chi connectivity index (χ0v) is 14.4. The fourth-order valence-corrected chi connectivity index (χ4v) is 3.66. The number of hydrogen-bond donors (Lipinski definition) is 0. The number of carbonyl (C=O) groups is 1. The quantitative estimate of drug-likeness (QED) is 0.752. The summed E-state index contributed by atoms with van der Waals surface area (Å²) in [5.41, 5.74) is 1.68. The van der Waals surface area contributed by atoms with E-state index < -0.39 is 0 Å². The van der Waals surface area contributed by atoms with Crippen LogP contribution in [0, 0.1) is 5.92 Å². The van der Waals surface area contributed by atoms with Gasteiger partial charge in [-0.05, 0) is 44.9 Å². The van der Waals surface area contributed by atoms with E-state index >= 15 is 0 Å². The molecule has 1 saturated carbocycles. The van der Waals surface area contributed by atoms with Gasteiger partial charge in [0.1, 0.15) is 11.4 Å². The van der Waals surface area contributed by atoms with Crippen molar-refractivity contribution in [3.63, 3.8) is 0 Å². The Morgan fingerprint density at radius 1 is 1.29 bits per heavy atom. The minimum absolute atomic E-state index is 0.360. The van der Waals surface area contributed by atoms with Crippen LogP contribution in [-0.2, 0) is 0 Å². The van der Waals surface area contributed by atoms with Crippen molar-refractivity contribution in [2.24, 2.45) is 5.92 Å². The van der Waals surface area contributed by atoms with Crippen molar-refractivity contribution in [3.8, 4) is 5.75 Å². The fourth-order valence-electron chi connectivity index (χ4n) is 3.66. The van der Waals surface area contributed by atoms with Gasteiger partial charge in [0.15, 0.2) is 6.29 Å². The van der Waals surface area contributed by atoms with Crippen LogP contribution in [0.15, 0.2) is 30.6 Å². The first-order valence-electron chi connectivity index (χ1n) is 8.77. The molecule has 5 nitrogen and oxygen atoms in total. The lowest BCUT2D eigenvalue weighted by molar-refractivity contribution is 0.111. The third kappa shape index (κ3) is 3.50. The highest BCUT2D eigenvalue weighted by Crippen LogP contribution is 2.38. The Morgan fingerprint density at radius 3 is 2.92 bits per heavy atom. The Kier molecular flexibility index (Phi) is 5.28. The number of nitrogens with zero attached hydrogens (tertiary/aromatic N) is 3. The number of aromatic nitrogens is 3. The van der Waals surface area contributed by atoms with E-state index in [0.29, 0.717) is 35.9 Å². The summed E-state index contributed by atoms with van der Waals surface area (Å²) in [6.07, 6.45) is 9.05. The summed E-state index contributed by atoms with van der Waals surface area (Å²) >= 11 is 0. The topological polar surface area (TPSA) is 57.0 Å². The van der Waals surface area contributed by atoms with Crippen molar-refractivity contribution in [1.29, 1.82) is 0 Å². The van der Waals surface area contributed by atoms with Crippen molar-refractivity contribution >= 4 is 6.29 Å². The van der Waals surface area contributed by atoms with Gasteiger partial charge < -0.3 is 4.74 Å². The van der Waals surface area contributed by atoms with Crippen LogP contribution in [0.5, 0.6) is 5.75 Å². The maximum Gasteiger partial charge on any atom is 0.172 e. The first kappa shape index (κ1) is 16.7.